The van der Waals surface area contributed by atoms with Crippen LogP contribution in [0.1, 0.15) is 16.1 Å². The van der Waals surface area contributed by atoms with Gasteiger partial charge in [-0.2, -0.15) is 0 Å². The molecule has 0 radical (unpaired) electrons. The third kappa shape index (κ3) is 3.37. The molecule has 0 saturated heterocycles. The second-order valence-electron chi connectivity index (χ2n) is 3.60. The van der Waals surface area contributed by atoms with Gasteiger partial charge >= 0.3 is 0 Å². The molecule has 0 bridgehead atoms. The monoisotopic (exact) mass is 252 g/mol. The lowest BCUT2D eigenvalue weighted by Crippen LogP contribution is -2.15. The lowest BCUT2D eigenvalue weighted by Gasteiger charge is -2.05. The number of rotatable bonds is 2. The van der Waals surface area contributed by atoms with E-state index in [2.05, 4.69) is 27.1 Å². The molecular weight excluding hydrogens is 240 g/mol. The fourth-order valence-electron chi connectivity index (χ4n) is 1.46. The Morgan fingerprint density at radius 1 is 1.26 bits per heavy atom. The normalized spacial score (nSPS) is 9.32. The Morgan fingerprint density at radius 3 is 2.79 bits per heavy atom. The van der Waals surface area contributed by atoms with Gasteiger partial charge in [0.2, 0.25) is 0 Å². The Hall–Kier alpha value is -2.71. The average molecular weight is 252 g/mol. The zero-order chi connectivity index (χ0) is 13.5. The first-order valence-electron chi connectivity index (χ1n) is 5.66. The molecule has 2 aromatic rings. The van der Waals surface area contributed by atoms with E-state index in [4.69, 9.17) is 5.73 Å². The average Bonchev–Trinajstić information content (AvgIpc) is 2.46. The van der Waals surface area contributed by atoms with Gasteiger partial charge in [-0.05, 0) is 24.3 Å². The summed E-state index contributed by atoms with van der Waals surface area (Å²) in [5.41, 5.74) is 6.81. The molecule has 0 unspecified atom stereocenters. The molecule has 0 spiro atoms. The zero-order valence-corrected chi connectivity index (χ0v) is 10.1. The third-order valence-corrected chi connectivity index (χ3v) is 2.29. The summed E-state index contributed by atoms with van der Waals surface area (Å²) < 4.78 is 0. The Morgan fingerprint density at radius 2 is 2.05 bits per heavy atom. The van der Waals surface area contributed by atoms with Crippen LogP contribution in [0, 0.1) is 11.8 Å². The molecule has 0 aromatic carbocycles. The molecule has 2 heterocycles. The molecule has 3 N–H and O–H groups in total. The Labute approximate surface area is 110 Å². The fourth-order valence-corrected chi connectivity index (χ4v) is 1.46. The van der Waals surface area contributed by atoms with Gasteiger partial charge in [0.05, 0.1) is 12.1 Å². The molecule has 2 rings (SSSR count). The van der Waals surface area contributed by atoms with Gasteiger partial charge in [-0.25, -0.2) is 4.98 Å². The number of nitrogens with one attached hydrogen (secondary N) is 1. The van der Waals surface area contributed by atoms with Gasteiger partial charge in [-0.1, -0.05) is 11.8 Å². The van der Waals surface area contributed by atoms with E-state index in [0.29, 0.717) is 11.3 Å². The van der Waals surface area contributed by atoms with Crippen molar-refractivity contribution in [1.29, 1.82) is 0 Å². The first-order valence-corrected chi connectivity index (χ1v) is 5.66. The van der Waals surface area contributed by atoms with Gasteiger partial charge in [0.25, 0.3) is 5.91 Å². The zero-order valence-electron chi connectivity index (χ0n) is 10.1. The summed E-state index contributed by atoms with van der Waals surface area (Å²) in [4.78, 5) is 20.0. The number of nitrogens with zero attached hydrogens (tertiary/aromatic N) is 2. The number of carbonyl (C=O) groups excluding carboxylic acids is 1. The highest BCUT2D eigenvalue weighted by molar-refractivity contribution is 6.04. The van der Waals surface area contributed by atoms with Crippen molar-refractivity contribution in [3.63, 3.8) is 0 Å². The van der Waals surface area contributed by atoms with Gasteiger partial charge in [0.1, 0.15) is 5.69 Å². The number of amides is 1. The molecule has 0 aliphatic carbocycles. The van der Waals surface area contributed by atoms with Gasteiger partial charge in [-0.3, -0.25) is 9.78 Å². The van der Waals surface area contributed by atoms with Crippen LogP contribution in [0.3, 0.4) is 0 Å². The second-order valence-corrected chi connectivity index (χ2v) is 3.60. The highest BCUT2D eigenvalue weighted by Gasteiger charge is 2.11. The number of hydrogen-bond acceptors (Lipinski definition) is 4. The number of hydrogen-bond donors (Lipinski definition) is 2. The van der Waals surface area contributed by atoms with Gasteiger partial charge < -0.3 is 11.1 Å². The highest BCUT2D eigenvalue weighted by atomic mass is 16.1. The smallest absolute Gasteiger partial charge is 0.275 e. The van der Waals surface area contributed by atoms with E-state index in [0.717, 1.165) is 0 Å². The standard InChI is InChI=1S/C14H12N4O/c15-7-1-3-11-4-2-8-17-13(11)14(19)18-12-5-9-16-10-6-12/h2,4-6,8-10H,7,15H2,(H,16,18,19). The van der Waals surface area contributed by atoms with Crippen molar-refractivity contribution in [3.8, 4) is 11.8 Å². The number of carbonyl (C=O) groups is 1. The van der Waals surface area contributed by atoms with E-state index in [1.54, 1.807) is 42.9 Å². The molecule has 2 aromatic heterocycles. The minimum atomic E-state index is -0.312. The van der Waals surface area contributed by atoms with Gasteiger partial charge in [0.15, 0.2) is 0 Å². The minimum Gasteiger partial charge on any atom is -0.321 e. The fraction of sp³-hybridized carbons (Fsp3) is 0.0714. The van der Waals surface area contributed by atoms with Gasteiger partial charge in [-0.15, -0.1) is 0 Å². The van der Waals surface area contributed by atoms with Crippen LogP contribution in [-0.4, -0.2) is 22.4 Å². The molecule has 5 heteroatoms. The Bertz CT molecular complexity index is 629. The van der Waals surface area contributed by atoms with Crippen molar-refractivity contribution in [3.05, 3.63) is 54.1 Å². The van der Waals surface area contributed by atoms with Crippen LogP contribution in [0.4, 0.5) is 5.69 Å². The lowest BCUT2D eigenvalue weighted by atomic mass is 10.2. The van der Waals surface area contributed by atoms with Crippen LogP contribution in [0.2, 0.25) is 0 Å². The summed E-state index contributed by atoms with van der Waals surface area (Å²) in [6.45, 7) is 0.236. The van der Waals surface area contributed by atoms with Crippen molar-refractivity contribution < 1.29 is 4.79 Å². The Balaban J connectivity index is 2.24. The van der Waals surface area contributed by atoms with Gasteiger partial charge in [0, 0.05) is 24.3 Å². The predicted molar refractivity (Wildman–Crippen MR) is 72.4 cm³/mol. The largest absolute Gasteiger partial charge is 0.321 e. The first kappa shape index (κ1) is 12.7. The number of nitrogens with two attached hydrogens (primary N) is 1. The second kappa shape index (κ2) is 6.28. The number of pyridine rings is 2. The molecule has 5 nitrogen and oxygen atoms in total. The molecule has 94 valence electrons. The van der Waals surface area contributed by atoms with Crippen molar-refractivity contribution >= 4 is 11.6 Å². The van der Waals surface area contributed by atoms with Crippen molar-refractivity contribution in [2.75, 3.05) is 11.9 Å². The molecule has 0 aliphatic heterocycles. The predicted octanol–water partition coefficient (Wildman–Crippen LogP) is 1.04. The molecular formula is C14H12N4O. The Kier molecular flexibility index (Phi) is 4.21. The van der Waals surface area contributed by atoms with Crippen molar-refractivity contribution in [2.45, 2.75) is 0 Å². The molecule has 0 saturated carbocycles. The summed E-state index contributed by atoms with van der Waals surface area (Å²) >= 11 is 0. The van der Waals surface area contributed by atoms with Crippen LogP contribution in [0.5, 0.6) is 0 Å². The van der Waals surface area contributed by atoms with Crippen LogP contribution in [0.25, 0.3) is 0 Å². The molecule has 0 fully saturated rings. The minimum absolute atomic E-state index is 0.236. The quantitative estimate of drug-likeness (QED) is 0.782. The van der Waals surface area contributed by atoms with Crippen molar-refractivity contribution in [1.82, 2.24) is 9.97 Å². The summed E-state index contributed by atoms with van der Waals surface area (Å²) in [6.07, 6.45) is 4.75. The number of aromatic nitrogens is 2. The van der Waals surface area contributed by atoms with Crippen molar-refractivity contribution in [2.24, 2.45) is 5.73 Å². The summed E-state index contributed by atoms with van der Waals surface area (Å²) in [7, 11) is 0. The lowest BCUT2D eigenvalue weighted by molar-refractivity contribution is 0.102. The van der Waals surface area contributed by atoms with E-state index in [1.165, 1.54) is 0 Å². The van der Waals surface area contributed by atoms with E-state index in [-0.39, 0.29) is 18.1 Å². The summed E-state index contributed by atoms with van der Waals surface area (Å²) in [5, 5.41) is 2.73. The van der Waals surface area contributed by atoms with E-state index < -0.39 is 0 Å². The maximum absolute atomic E-state index is 12.1. The van der Waals surface area contributed by atoms with Crippen LogP contribution >= 0.6 is 0 Å². The van der Waals surface area contributed by atoms with Crippen LogP contribution < -0.4 is 11.1 Å². The summed E-state index contributed by atoms with van der Waals surface area (Å²) in [5.74, 6) is 5.23. The third-order valence-electron chi connectivity index (χ3n) is 2.29. The number of anilines is 1. The molecule has 0 aliphatic rings. The van der Waals surface area contributed by atoms with E-state index in [9.17, 15) is 4.79 Å². The van der Waals surface area contributed by atoms with Crippen LogP contribution in [-0.2, 0) is 0 Å². The van der Waals surface area contributed by atoms with E-state index >= 15 is 0 Å². The molecule has 19 heavy (non-hydrogen) atoms. The molecule has 0 atom stereocenters. The first-order chi connectivity index (χ1) is 9.31. The maximum atomic E-state index is 12.1. The summed E-state index contributed by atoms with van der Waals surface area (Å²) in [6, 6.07) is 6.86. The topological polar surface area (TPSA) is 80.9 Å². The van der Waals surface area contributed by atoms with Crippen LogP contribution in [0.15, 0.2) is 42.9 Å². The molecule has 1 amide bonds. The SMILES string of the molecule is NCC#Cc1cccnc1C(=O)Nc1ccncc1. The van der Waals surface area contributed by atoms with E-state index in [1.807, 2.05) is 0 Å². The maximum Gasteiger partial charge on any atom is 0.275 e. The highest BCUT2D eigenvalue weighted by Crippen LogP contribution is 2.09.